The standard InChI is InChI=1S/C17H21NO3/c1-12-11-18(10-7-14(12)15(19)20)16(21)17(8-9-17)13-5-3-2-4-6-13/h2-6,12,14H,7-11H2,1H3,(H,19,20). The van der Waals surface area contributed by atoms with Gasteiger partial charge in [0.05, 0.1) is 11.3 Å². The van der Waals surface area contributed by atoms with Crippen molar-refractivity contribution in [3.05, 3.63) is 35.9 Å². The number of carbonyl (C=O) groups is 2. The summed E-state index contributed by atoms with van der Waals surface area (Å²) in [6, 6.07) is 9.96. The molecule has 21 heavy (non-hydrogen) atoms. The number of likely N-dealkylation sites (tertiary alicyclic amines) is 1. The van der Waals surface area contributed by atoms with E-state index < -0.39 is 5.97 Å². The summed E-state index contributed by atoms with van der Waals surface area (Å²) in [5.41, 5.74) is 0.764. The third kappa shape index (κ3) is 2.43. The molecule has 0 aromatic heterocycles. The average Bonchev–Trinajstić information content (AvgIpc) is 3.28. The van der Waals surface area contributed by atoms with Crippen LogP contribution >= 0.6 is 0 Å². The number of hydrogen-bond acceptors (Lipinski definition) is 2. The van der Waals surface area contributed by atoms with Crippen LogP contribution in [-0.4, -0.2) is 35.0 Å². The monoisotopic (exact) mass is 287 g/mol. The summed E-state index contributed by atoms with van der Waals surface area (Å²) in [5, 5.41) is 9.18. The Kier molecular flexibility index (Phi) is 3.47. The number of carboxylic acid groups (broad SMARTS) is 1. The SMILES string of the molecule is CC1CN(C(=O)C2(c3ccccc3)CC2)CCC1C(=O)O. The quantitative estimate of drug-likeness (QED) is 0.928. The Labute approximate surface area is 124 Å². The van der Waals surface area contributed by atoms with Gasteiger partial charge in [-0.3, -0.25) is 9.59 Å². The van der Waals surface area contributed by atoms with Gasteiger partial charge in [-0.15, -0.1) is 0 Å². The lowest BCUT2D eigenvalue weighted by Gasteiger charge is -2.37. The third-order valence-electron chi connectivity index (χ3n) is 5.00. The van der Waals surface area contributed by atoms with Gasteiger partial charge in [-0.25, -0.2) is 0 Å². The van der Waals surface area contributed by atoms with Crippen LogP contribution < -0.4 is 0 Å². The molecular weight excluding hydrogens is 266 g/mol. The van der Waals surface area contributed by atoms with Crippen LogP contribution in [0.2, 0.25) is 0 Å². The molecule has 1 saturated carbocycles. The smallest absolute Gasteiger partial charge is 0.306 e. The second kappa shape index (κ2) is 5.17. The third-order valence-corrected chi connectivity index (χ3v) is 5.00. The molecule has 112 valence electrons. The van der Waals surface area contributed by atoms with Crippen molar-refractivity contribution in [2.45, 2.75) is 31.6 Å². The zero-order chi connectivity index (χ0) is 15.0. The van der Waals surface area contributed by atoms with Crippen molar-refractivity contribution in [1.82, 2.24) is 4.90 Å². The van der Waals surface area contributed by atoms with Gasteiger partial charge in [0, 0.05) is 13.1 Å². The topological polar surface area (TPSA) is 57.6 Å². The van der Waals surface area contributed by atoms with Gasteiger partial charge in [0.2, 0.25) is 5.91 Å². The van der Waals surface area contributed by atoms with Crippen LogP contribution in [0.1, 0.15) is 31.7 Å². The van der Waals surface area contributed by atoms with Gasteiger partial charge in [-0.05, 0) is 30.7 Å². The number of amides is 1. The second-order valence-electron chi connectivity index (χ2n) is 6.41. The van der Waals surface area contributed by atoms with E-state index in [0.717, 1.165) is 18.4 Å². The van der Waals surface area contributed by atoms with Crippen molar-refractivity contribution in [1.29, 1.82) is 0 Å². The van der Waals surface area contributed by atoms with Gasteiger partial charge in [0.15, 0.2) is 0 Å². The van der Waals surface area contributed by atoms with E-state index in [0.29, 0.717) is 19.5 Å². The van der Waals surface area contributed by atoms with Crippen molar-refractivity contribution >= 4 is 11.9 Å². The van der Waals surface area contributed by atoms with Crippen molar-refractivity contribution in [2.75, 3.05) is 13.1 Å². The molecule has 3 rings (SSSR count). The summed E-state index contributed by atoms with van der Waals surface area (Å²) < 4.78 is 0. The highest BCUT2D eigenvalue weighted by Crippen LogP contribution is 2.50. The van der Waals surface area contributed by atoms with Crippen LogP contribution in [0.4, 0.5) is 0 Å². The first-order valence-electron chi connectivity index (χ1n) is 7.62. The molecule has 1 heterocycles. The molecule has 2 aliphatic rings. The Hall–Kier alpha value is -1.84. The van der Waals surface area contributed by atoms with Crippen molar-refractivity contribution in [2.24, 2.45) is 11.8 Å². The Bertz CT molecular complexity index is 550. The summed E-state index contributed by atoms with van der Waals surface area (Å²) in [5.74, 6) is -0.851. The Morgan fingerprint density at radius 1 is 1.24 bits per heavy atom. The molecule has 0 spiro atoms. The lowest BCUT2D eigenvalue weighted by atomic mass is 9.85. The Morgan fingerprint density at radius 2 is 1.90 bits per heavy atom. The highest BCUT2D eigenvalue weighted by molar-refractivity contribution is 5.91. The molecule has 1 aromatic rings. The van der Waals surface area contributed by atoms with Gasteiger partial charge in [0.1, 0.15) is 0 Å². The summed E-state index contributed by atoms with van der Waals surface area (Å²) in [4.78, 5) is 25.9. The molecule has 2 atom stereocenters. The van der Waals surface area contributed by atoms with Crippen LogP contribution in [0, 0.1) is 11.8 Å². The van der Waals surface area contributed by atoms with Gasteiger partial charge in [-0.2, -0.15) is 0 Å². The minimum absolute atomic E-state index is 0.0202. The zero-order valence-electron chi connectivity index (χ0n) is 12.3. The Morgan fingerprint density at radius 3 is 2.43 bits per heavy atom. The molecule has 1 aliphatic carbocycles. The van der Waals surface area contributed by atoms with Gasteiger partial charge in [-0.1, -0.05) is 37.3 Å². The molecule has 1 aliphatic heterocycles. The van der Waals surface area contributed by atoms with E-state index in [1.165, 1.54) is 0 Å². The number of carboxylic acids is 1. The zero-order valence-corrected chi connectivity index (χ0v) is 12.3. The fourth-order valence-corrected chi connectivity index (χ4v) is 3.51. The lowest BCUT2D eigenvalue weighted by Crippen LogP contribution is -2.48. The van der Waals surface area contributed by atoms with Crippen LogP contribution in [-0.2, 0) is 15.0 Å². The van der Waals surface area contributed by atoms with E-state index in [1.54, 1.807) is 0 Å². The number of nitrogens with zero attached hydrogens (tertiary/aromatic N) is 1. The van der Waals surface area contributed by atoms with E-state index in [1.807, 2.05) is 42.2 Å². The number of hydrogen-bond donors (Lipinski definition) is 1. The molecular formula is C17H21NO3. The van der Waals surface area contributed by atoms with Crippen molar-refractivity contribution < 1.29 is 14.7 Å². The number of aliphatic carboxylic acids is 1. The molecule has 1 amide bonds. The van der Waals surface area contributed by atoms with Crippen LogP contribution in [0.5, 0.6) is 0 Å². The highest BCUT2D eigenvalue weighted by Gasteiger charge is 2.53. The number of carbonyl (C=O) groups excluding carboxylic acids is 1. The van der Waals surface area contributed by atoms with Gasteiger partial charge >= 0.3 is 5.97 Å². The lowest BCUT2D eigenvalue weighted by molar-refractivity contribution is -0.149. The van der Waals surface area contributed by atoms with Crippen LogP contribution in [0.3, 0.4) is 0 Å². The second-order valence-corrected chi connectivity index (χ2v) is 6.41. The summed E-state index contributed by atoms with van der Waals surface area (Å²) >= 11 is 0. The Balaban J connectivity index is 1.74. The minimum Gasteiger partial charge on any atom is -0.481 e. The largest absolute Gasteiger partial charge is 0.481 e. The number of benzene rings is 1. The van der Waals surface area contributed by atoms with Crippen LogP contribution in [0.15, 0.2) is 30.3 Å². The van der Waals surface area contributed by atoms with Crippen molar-refractivity contribution in [3.63, 3.8) is 0 Å². The van der Waals surface area contributed by atoms with Crippen molar-refractivity contribution in [3.8, 4) is 0 Å². The predicted molar refractivity (Wildman–Crippen MR) is 78.8 cm³/mol. The van der Waals surface area contributed by atoms with E-state index in [9.17, 15) is 14.7 Å². The van der Waals surface area contributed by atoms with E-state index >= 15 is 0 Å². The van der Waals surface area contributed by atoms with E-state index in [-0.39, 0.29) is 23.2 Å². The fraction of sp³-hybridized carbons (Fsp3) is 0.529. The minimum atomic E-state index is -0.737. The van der Waals surface area contributed by atoms with Crippen LogP contribution in [0.25, 0.3) is 0 Å². The normalized spacial score (nSPS) is 27.2. The fourth-order valence-electron chi connectivity index (χ4n) is 3.51. The van der Waals surface area contributed by atoms with Gasteiger partial charge in [0.25, 0.3) is 0 Å². The molecule has 1 aromatic carbocycles. The van der Waals surface area contributed by atoms with E-state index in [2.05, 4.69) is 0 Å². The molecule has 4 nitrogen and oxygen atoms in total. The maximum Gasteiger partial charge on any atom is 0.306 e. The number of rotatable bonds is 3. The molecule has 0 radical (unpaired) electrons. The first-order valence-corrected chi connectivity index (χ1v) is 7.62. The maximum atomic E-state index is 12.9. The first kappa shape index (κ1) is 14.1. The maximum absolute atomic E-state index is 12.9. The summed E-state index contributed by atoms with van der Waals surface area (Å²) in [7, 11) is 0. The highest BCUT2D eigenvalue weighted by atomic mass is 16.4. The molecule has 2 unspecified atom stereocenters. The number of piperidine rings is 1. The van der Waals surface area contributed by atoms with Gasteiger partial charge < -0.3 is 10.0 Å². The molecule has 4 heteroatoms. The molecule has 1 saturated heterocycles. The summed E-state index contributed by atoms with van der Waals surface area (Å²) in [6.07, 6.45) is 2.37. The van der Waals surface area contributed by atoms with E-state index in [4.69, 9.17) is 0 Å². The molecule has 0 bridgehead atoms. The average molecular weight is 287 g/mol. The summed E-state index contributed by atoms with van der Waals surface area (Å²) in [6.45, 7) is 3.05. The predicted octanol–water partition coefficient (Wildman–Crippen LogP) is 2.29. The first-order chi connectivity index (χ1) is 10.0. The molecule has 1 N–H and O–H groups in total. The molecule has 2 fully saturated rings.